The van der Waals surface area contributed by atoms with Crippen molar-refractivity contribution in [2.24, 2.45) is 5.92 Å². The summed E-state index contributed by atoms with van der Waals surface area (Å²) in [5.74, 6) is 0.576. The van der Waals surface area contributed by atoms with Crippen LogP contribution in [0.15, 0.2) is 23.3 Å². The molecule has 2 atom stereocenters. The van der Waals surface area contributed by atoms with Gasteiger partial charge in [0, 0.05) is 18.8 Å². The average molecular weight is 280 g/mol. The van der Waals surface area contributed by atoms with E-state index in [4.69, 9.17) is 4.74 Å². The summed E-state index contributed by atoms with van der Waals surface area (Å²) in [5, 5.41) is 10.7. The highest BCUT2D eigenvalue weighted by Gasteiger charge is 2.21. The predicted molar refractivity (Wildman–Crippen MR) is 74.7 cm³/mol. The van der Waals surface area contributed by atoms with Gasteiger partial charge >= 0.3 is 5.69 Å². The van der Waals surface area contributed by atoms with Crippen LogP contribution in [0.25, 0.3) is 0 Å². The molecule has 0 spiro atoms. The molecule has 6 nitrogen and oxygen atoms in total. The van der Waals surface area contributed by atoms with Crippen molar-refractivity contribution in [1.82, 2.24) is 4.57 Å². The van der Waals surface area contributed by atoms with E-state index < -0.39 is 16.0 Å². The number of pyridine rings is 1. The monoisotopic (exact) mass is 280 g/mol. The van der Waals surface area contributed by atoms with E-state index in [2.05, 4.69) is 6.92 Å². The summed E-state index contributed by atoms with van der Waals surface area (Å²) in [6.45, 7) is 3.23. The van der Waals surface area contributed by atoms with Gasteiger partial charge in [-0.25, -0.2) is 0 Å². The first-order valence-corrected chi connectivity index (χ1v) is 7.04. The predicted octanol–water partition coefficient (Wildman–Crippen LogP) is 2.35. The van der Waals surface area contributed by atoms with E-state index in [1.54, 1.807) is 10.8 Å². The van der Waals surface area contributed by atoms with Gasteiger partial charge in [0.15, 0.2) is 0 Å². The van der Waals surface area contributed by atoms with Crippen LogP contribution in [0, 0.1) is 16.0 Å². The molecule has 1 aliphatic rings. The molecule has 0 unspecified atom stereocenters. The van der Waals surface area contributed by atoms with Gasteiger partial charge in [0.05, 0.1) is 23.8 Å². The molecule has 0 aromatic carbocycles. The molecule has 20 heavy (non-hydrogen) atoms. The second-order valence-corrected chi connectivity index (χ2v) is 5.36. The van der Waals surface area contributed by atoms with Crippen LogP contribution in [0.1, 0.15) is 32.6 Å². The standard InChI is InChI=1S/C14H20N2O4/c1-11-4-2-3-5-14(11)20-9-8-15-7-6-13(17)12(10-15)16(18)19/h6-7,10-11,14H,2-5,8-9H2,1H3/t11-,14+/m0/s1. The van der Waals surface area contributed by atoms with Crippen molar-refractivity contribution < 1.29 is 9.66 Å². The molecule has 0 amide bonds. The average Bonchev–Trinajstić information content (AvgIpc) is 2.42. The molecule has 1 aliphatic carbocycles. The zero-order chi connectivity index (χ0) is 14.5. The van der Waals surface area contributed by atoms with Gasteiger partial charge in [0.25, 0.3) is 5.43 Å². The molecular weight excluding hydrogens is 260 g/mol. The minimum Gasteiger partial charge on any atom is -0.376 e. The van der Waals surface area contributed by atoms with E-state index in [0.717, 1.165) is 6.42 Å². The summed E-state index contributed by atoms with van der Waals surface area (Å²) < 4.78 is 7.49. The fourth-order valence-corrected chi connectivity index (χ4v) is 2.63. The Morgan fingerprint density at radius 1 is 1.45 bits per heavy atom. The number of ether oxygens (including phenoxy) is 1. The topological polar surface area (TPSA) is 74.4 Å². The number of aromatic nitrogens is 1. The Kier molecular flexibility index (Phi) is 4.89. The molecule has 1 aromatic rings. The van der Waals surface area contributed by atoms with Crippen LogP contribution in [0.5, 0.6) is 0 Å². The Balaban J connectivity index is 1.89. The third-order valence-corrected chi connectivity index (χ3v) is 3.87. The van der Waals surface area contributed by atoms with Crippen LogP contribution in [0.4, 0.5) is 5.69 Å². The van der Waals surface area contributed by atoms with Crippen molar-refractivity contribution in [1.29, 1.82) is 0 Å². The van der Waals surface area contributed by atoms with Gasteiger partial charge in [0.2, 0.25) is 0 Å². The largest absolute Gasteiger partial charge is 0.376 e. The number of hydrogen-bond donors (Lipinski definition) is 0. The molecule has 0 saturated heterocycles. The quantitative estimate of drug-likeness (QED) is 0.613. The highest BCUT2D eigenvalue weighted by atomic mass is 16.6. The minimum atomic E-state index is -0.650. The molecule has 0 radical (unpaired) electrons. The molecule has 0 N–H and O–H groups in total. The molecule has 1 fully saturated rings. The van der Waals surface area contributed by atoms with Crippen molar-refractivity contribution in [3.63, 3.8) is 0 Å². The van der Waals surface area contributed by atoms with Gasteiger partial charge in [-0.2, -0.15) is 0 Å². The molecule has 1 aromatic heterocycles. The van der Waals surface area contributed by atoms with Crippen LogP contribution in [0.2, 0.25) is 0 Å². The molecule has 1 saturated carbocycles. The Hall–Kier alpha value is -1.69. The molecule has 0 aliphatic heterocycles. The summed E-state index contributed by atoms with van der Waals surface area (Å²) in [7, 11) is 0. The first-order valence-electron chi connectivity index (χ1n) is 7.04. The van der Waals surface area contributed by atoms with E-state index in [0.29, 0.717) is 19.1 Å². The van der Waals surface area contributed by atoms with Gasteiger partial charge in [0.1, 0.15) is 0 Å². The summed E-state index contributed by atoms with van der Waals surface area (Å²) in [4.78, 5) is 21.3. The van der Waals surface area contributed by atoms with Crippen molar-refractivity contribution in [3.8, 4) is 0 Å². The van der Waals surface area contributed by atoms with E-state index in [1.807, 2.05) is 0 Å². The molecular formula is C14H20N2O4. The van der Waals surface area contributed by atoms with Crippen LogP contribution in [-0.4, -0.2) is 22.2 Å². The van der Waals surface area contributed by atoms with Gasteiger partial charge in [-0.05, 0) is 18.8 Å². The highest BCUT2D eigenvalue weighted by Crippen LogP contribution is 2.26. The van der Waals surface area contributed by atoms with Gasteiger partial charge in [-0.3, -0.25) is 14.9 Å². The molecule has 1 heterocycles. The van der Waals surface area contributed by atoms with Crippen LogP contribution in [0.3, 0.4) is 0 Å². The van der Waals surface area contributed by atoms with Gasteiger partial charge in [-0.15, -0.1) is 0 Å². The maximum atomic E-state index is 11.3. The number of rotatable bonds is 5. The van der Waals surface area contributed by atoms with Crippen LogP contribution >= 0.6 is 0 Å². The first-order chi connectivity index (χ1) is 9.58. The van der Waals surface area contributed by atoms with E-state index in [1.165, 1.54) is 31.5 Å². The second-order valence-electron chi connectivity index (χ2n) is 5.36. The Morgan fingerprint density at radius 3 is 2.90 bits per heavy atom. The Bertz CT molecular complexity index is 526. The number of hydrogen-bond acceptors (Lipinski definition) is 4. The van der Waals surface area contributed by atoms with E-state index in [9.17, 15) is 14.9 Å². The SMILES string of the molecule is C[C@H]1CCCC[C@H]1OCCn1ccc(=O)c([N+](=O)[O-])c1. The molecule has 110 valence electrons. The first kappa shape index (κ1) is 14.7. The Morgan fingerprint density at radius 2 is 2.20 bits per heavy atom. The Labute approximate surface area is 117 Å². The summed E-state index contributed by atoms with van der Waals surface area (Å²) in [5.41, 5.74) is -0.952. The minimum absolute atomic E-state index is 0.290. The lowest BCUT2D eigenvalue weighted by atomic mass is 9.88. The molecule has 2 rings (SSSR count). The molecule has 0 bridgehead atoms. The lowest BCUT2D eigenvalue weighted by Crippen LogP contribution is -2.27. The second kappa shape index (κ2) is 6.65. The van der Waals surface area contributed by atoms with Crippen molar-refractivity contribution in [3.05, 3.63) is 38.8 Å². The smallest absolute Gasteiger partial charge is 0.332 e. The fraction of sp³-hybridized carbons (Fsp3) is 0.643. The van der Waals surface area contributed by atoms with Crippen molar-refractivity contribution in [2.75, 3.05) is 6.61 Å². The third-order valence-electron chi connectivity index (χ3n) is 3.87. The lowest BCUT2D eigenvalue weighted by Gasteiger charge is -2.28. The maximum Gasteiger partial charge on any atom is 0.332 e. The number of nitro groups is 1. The maximum absolute atomic E-state index is 11.3. The lowest BCUT2D eigenvalue weighted by molar-refractivity contribution is -0.386. The summed E-state index contributed by atoms with van der Waals surface area (Å²) in [6, 6.07) is 1.22. The zero-order valence-corrected chi connectivity index (χ0v) is 11.7. The highest BCUT2D eigenvalue weighted by molar-refractivity contribution is 5.25. The summed E-state index contributed by atoms with van der Waals surface area (Å²) >= 11 is 0. The van der Waals surface area contributed by atoms with E-state index in [-0.39, 0.29) is 6.10 Å². The molecule has 6 heteroatoms. The normalized spacial score (nSPS) is 22.6. The third kappa shape index (κ3) is 3.66. The fourth-order valence-electron chi connectivity index (χ4n) is 2.63. The number of nitrogens with zero attached hydrogens (tertiary/aromatic N) is 2. The van der Waals surface area contributed by atoms with Crippen LogP contribution < -0.4 is 5.43 Å². The van der Waals surface area contributed by atoms with Crippen molar-refractivity contribution in [2.45, 2.75) is 45.3 Å². The van der Waals surface area contributed by atoms with Crippen LogP contribution in [-0.2, 0) is 11.3 Å². The summed E-state index contributed by atoms with van der Waals surface area (Å²) in [6.07, 6.45) is 7.89. The van der Waals surface area contributed by atoms with Gasteiger partial charge < -0.3 is 9.30 Å². The zero-order valence-electron chi connectivity index (χ0n) is 11.7. The van der Waals surface area contributed by atoms with E-state index >= 15 is 0 Å². The van der Waals surface area contributed by atoms with Gasteiger partial charge in [-0.1, -0.05) is 19.8 Å². The van der Waals surface area contributed by atoms with Crippen molar-refractivity contribution >= 4 is 5.69 Å².